The summed E-state index contributed by atoms with van der Waals surface area (Å²) in [5.41, 5.74) is 1.99. The van der Waals surface area contributed by atoms with Crippen LogP contribution < -0.4 is 14.8 Å². The fraction of sp³-hybridized carbons (Fsp3) is 0.348. The predicted molar refractivity (Wildman–Crippen MR) is 114 cm³/mol. The Morgan fingerprint density at radius 2 is 1.79 bits per heavy atom. The second kappa shape index (κ2) is 11.1. The lowest BCUT2D eigenvalue weighted by Crippen LogP contribution is -2.37. The molecule has 1 amide bonds. The van der Waals surface area contributed by atoms with E-state index in [1.807, 2.05) is 36.4 Å². The monoisotopic (exact) mass is 382 g/mol. The summed E-state index contributed by atoms with van der Waals surface area (Å²) in [5.74, 6) is 1.26. The molecule has 1 unspecified atom stereocenters. The normalized spacial score (nSPS) is 12.2. The lowest BCUT2D eigenvalue weighted by molar-refractivity contribution is -0.116. The van der Waals surface area contributed by atoms with E-state index in [0.717, 1.165) is 18.7 Å². The number of rotatable bonds is 10. The van der Waals surface area contributed by atoms with Crippen LogP contribution in [0.3, 0.4) is 0 Å². The van der Waals surface area contributed by atoms with E-state index in [2.05, 4.69) is 36.2 Å². The van der Waals surface area contributed by atoms with Gasteiger partial charge in [-0.1, -0.05) is 44.2 Å². The smallest absolute Gasteiger partial charge is 0.244 e. The van der Waals surface area contributed by atoms with Gasteiger partial charge in [-0.15, -0.1) is 0 Å². The van der Waals surface area contributed by atoms with Crippen LogP contribution in [0.5, 0.6) is 11.5 Å². The molecule has 0 aromatic heterocycles. The Kier molecular flexibility index (Phi) is 8.56. The third kappa shape index (κ3) is 5.86. The van der Waals surface area contributed by atoms with E-state index in [9.17, 15) is 4.79 Å². The largest absolute Gasteiger partial charge is 0.497 e. The molecule has 1 N–H and O–H groups in total. The van der Waals surface area contributed by atoms with Crippen LogP contribution in [0.2, 0.25) is 0 Å². The van der Waals surface area contributed by atoms with Crippen molar-refractivity contribution < 1.29 is 14.3 Å². The van der Waals surface area contributed by atoms with E-state index >= 15 is 0 Å². The molecule has 2 aromatic carbocycles. The molecule has 0 saturated carbocycles. The van der Waals surface area contributed by atoms with Gasteiger partial charge in [-0.3, -0.25) is 9.69 Å². The maximum absolute atomic E-state index is 12.4. The molecule has 0 aliphatic carbocycles. The number of benzene rings is 2. The van der Waals surface area contributed by atoms with Crippen molar-refractivity contribution >= 4 is 12.0 Å². The van der Waals surface area contributed by atoms with Gasteiger partial charge in [0.1, 0.15) is 11.5 Å². The van der Waals surface area contributed by atoms with Crippen molar-refractivity contribution in [3.05, 3.63) is 65.7 Å². The summed E-state index contributed by atoms with van der Waals surface area (Å²) < 4.78 is 10.6. The van der Waals surface area contributed by atoms with E-state index in [4.69, 9.17) is 9.47 Å². The summed E-state index contributed by atoms with van der Waals surface area (Å²) in [5, 5.41) is 3.03. The molecule has 0 fully saturated rings. The topological polar surface area (TPSA) is 50.8 Å². The fourth-order valence-corrected chi connectivity index (χ4v) is 3.19. The third-order valence-corrected chi connectivity index (χ3v) is 4.76. The molecule has 0 aliphatic rings. The molecular weight excluding hydrogens is 352 g/mol. The average Bonchev–Trinajstić information content (AvgIpc) is 2.75. The van der Waals surface area contributed by atoms with E-state index in [0.29, 0.717) is 18.0 Å². The number of nitrogens with zero attached hydrogens (tertiary/aromatic N) is 1. The van der Waals surface area contributed by atoms with Gasteiger partial charge in [-0.25, -0.2) is 0 Å². The average molecular weight is 383 g/mol. The Morgan fingerprint density at radius 3 is 2.39 bits per heavy atom. The van der Waals surface area contributed by atoms with Gasteiger partial charge in [0.15, 0.2) is 0 Å². The maximum atomic E-state index is 12.4. The summed E-state index contributed by atoms with van der Waals surface area (Å²) in [7, 11) is 3.21. The zero-order valence-electron chi connectivity index (χ0n) is 17.1. The molecule has 0 bridgehead atoms. The minimum absolute atomic E-state index is 0.139. The number of carbonyl (C=O) groups is 1. The van der Waals surface area contributed by atoms with Crippen molar-refractivity contribution in [1.29, 1.82) is 0 Å². The molecule has 0 spiro atoms. The summed E-state index contributed by atoms with van der Waals surface area (Å²) >= 11 is 0. The van der Waals surface area contributed by atoms with Gasteiger partial charge in [0.05, 0.1) is 20.3 Å². The lowest BCUT2D eigenvalue weighted by Gasteiger charge is -2.30. The molecule has 2 aromatic rings. The predicted octanol–water partition coefficient (Wildman–Crippen LogP) is 3.92. The Labute approximate surface area is 168 Å². The van der Waals surface area contributed by atoms with Gasteiger partial charge >= 0.3 is 0 Å². The maximum Gasteiger partial charge on any atom is 0.244 e. The molecule has 0 saturated heterocycles. The number of likely N-dealkylation sites (N-methyl/N-ethyl adjacent to an activating group) is 1. The first-order valence-electron chi connectivity index (χ1n) is 9.59. The first kappa shape index (κ1) is 21.5. The van der Waals surface area contributed by atoms with E-state index in [1.54, 1.807) is 20.3 Å². The molecule has 0 aliphatic heterocycles. The molecule has 2 rings (SSSR count). The Hall–Kier alpha value is -2.79. The first-order valence-corrected chi connectivity index (χ1v) is 9.59. The van der Waals surface area contributed by atoms with Crippen LogP contribution in [0.15, 0.2) is 54.6 Å². The molecular formula is C23H30N2O3. The summed E-state index contributed by atoms with van der Waals surface area (Å²) in [6.07, 6.45) is 3.27. The van der Waals surface area contributed by atoms with Gasteiger partial charge in [0.2, 0.25) is 5.91 Å². The molecule has 0 heterocycles. The van der Waals surface area contributed by atoms with Gasteiger partial charge < -0.3 is 14.8 Å². The standard InChI is InChI=1S/C23H30N2O3/c1-5-25(6-2)21(18-10-8-7-9-11-18)17-24-23(26)15-12-19-16-20(27-3)13-14-22(19)28-4/h7-16,21H,5-6,17H2,1-4H3,(H,24,26)/b15-12+. The van der Waals surface area contributed by atoms with Crippen molar-refractivity contribution in [3.8, 4) is 11.5 Å². The van der Waals surface area contributed by atoms with E-state index < -0.39 is 0 Å². The van der Waals surface area contributed by atoms with Gasteiger partial charge in [-0.05, 0) is 42.9 Å². The van der Waals surface area contributed by atoms with Crippen LogP contribution in [-0.4, -0.2) is 44.7 Å². The van der Waals surface area contributed by atoms with Crippen LogP contribution in [-0.2, 0) is 4.79 Å². The number of amides is 1. The SMILES string of the molecule is CCN(CC)C(CNC(=O)/C=C/c1cc(OC)ccc1OC)c1ccccc1. The first-order chi connectivity index (χ1) is 13.6. The summed E-state index contributed by atoms with van der Waals surface area (Å²) in [6, 6.07) is 15.9. The van der Waals surface area contributed by atoms with Crippen LogP contribution in [0, 0.1) is 0 Å². The zero-order valence-corrected chi connectivity index (χ0v) is 17.1. The number of nitrogens with one attached hydrogen (secondary N) is 1. The number of ether oxygens (including phenoxy) is 2. The highest BCUT2D eigenvalue weighted by Gasteiger charge is 2.18. The number of methoxy groups -OCH3 is 2. The van der Waals surface area contributed by atoms with Gasteiger partial charge in [-0.2, -0.15) is 0 Å². The molecule has 5 nitrogen and oxygen atoms in total. The van der Waals surface area contributed by atoms with Gasteiger partial charge in [0, 0.05) is 18.2 Å². The zero-order chi connectivity index (χ0) is 20.4. The Bertz CT molecular complexity index is 771. The van der Waals surface area contributed by atoms with Crippen molar-refractivity contribution in [2.45, 2.75) is 19.9 Å². The minimum atomic E-state index is -0.141. The van der Waals surface area contributed by atoms with Crippen molar-refractivity contribution in [3.63, 3.8) is 0 Å². The van der Waals surface area contributed by atoms with Crippen molar-refractivity contribution in [2.24, 2.45) is 0 Å². The van der Waals surface area contributed by atoms with Crippen molar-refractivity contribution in [2.75, 3.05) is 33.9 Å². The van der Waals surface area contributed by atoms with Crippen LogP contribution in [0.4, 0.5) is 0 Å². The van der Waals surface area contributed by atoms with Gasteiger partial charge in [0.25, 0.3) is 0 Å². The van der Waals surface area contributed by atoms with Crippen molar-refractivity contribution in [1.82, 2.24) is 10.2 Å². The number of hydrogen-bond acceptors (Lipinski definition) is 4. The molecule has 5 heteroatoms. The number of hydrogen-bond donors (Lipinski definition) is 1. The quantitative estimate of drug-likeness (QED) is 0.633. The lowest BCUT2D eigenvalue weighted by atomic mass is 10.1. The molecule has 150 valence electrons. The number of carbonyl (C=O) groups excluding carboxylic acids is 1. The molecule has 1 atom stereocenters. The van der Waals surface area contributed by atoms with Crippen LogP contribution in [0.25, 0.3) is 6.08 Å². The Balaban J connectivity index is 2.08. The highest BCUT2D eigenvalue weighted by molar-refractivity contribution is 5.92. The highest BCUT2D eigenvalue weighted by atomic mass is 16.5. The second-order valence-corrected chi connectivity index (χ2v) is 6.33. The third-order valence-electron chi connectivity index (χ3n) is 4.76. The molecule has 0 radical (unpaired) electrons. The van der Waals surface area contributed by atoms with Crippen LogP contribution in [0.1, 0.15) is 31.0 Å². The van der Waals surface area contributed by atoms with E-state index in [-0.39, 0.29) is 11.9 Å². The molecule has 28 heavy (non-hydrogen) atoms. The van der Waals surface area contributed by atoms with Crippen LogP contribution >= 0.6 is 0 Å². The minimum Gasteiger partial charge on any atom is -0.497 e. The summed E-state index contributed by atoms with van der Waals surface area (Å²) in [6.45, 7) is 6.65. The summed E-state index contributed by atoms with van der Waals surface area (Å²) in [4.78, 5) is 14.8. The highest BCUT2D eigenvalue weighted by Crippen LogP contribution is 2.25. The second-order valence-electron chi connectivity index (χ2n) is 6.33. The van der Waals surface area contributed by atoms with E-state index in [1.165, 1.54) is 11.6 Å². The Morgan fingerprint density at radius 1 is 1.07 bits per heavy atom. The fourth-order valence-electron chi connectivity index (χ4n) is 3.19.